The molecule has 2 rings (SSSR count). The van der Waals surface area contributed by atoms with E-state index in [0.717, 1.165) is 18.8 Å². The van der Waals surface area contributed by atoms with Crippen molar-refractivity contribution >= 4 is 26.7 Å². The predicted octanol–water partition coefficient (Wildman–Crippen LogP) is 1.17. The Hall–Kier alpha value is -1.05. The van der Waals surface area contributed by atoms with Gasteiger partial charge in [-0.3, -0.25) is 13.9 Å². The summed E-state index contributed by atoms with van der Waals surface area (Å²) in [5.41, 5.74) is 1.26. The van der Waals surface area contributed by atoms with Crippen molar-refractivity contribution in [3.63, 3.8) is 0 Å². The minimum Gasteiger partial charge on any atom is -0.378 e. The minimum absolute atomic E-state index is 0.326. The lowest BCUT2D eigenvalue weighted by atomic mass is 10.1. The van der Waals surface area contributed by atoms with Crippen LogP contribution in [0.4, 0.5) is 5.69 Å². The fourth-order valence-corrected chi connectivity index (χ4v) is 5.12. The van der Waals surface area contributed by atoms with E-state index in [1.807, 2.05) is 0 Å². The van der Waals surface area contributed by atoms with E-state index in [1.165, 1.54) is 0 Å². The third-order valence-corrected chi connectivity index (χ3v) is 7.85. The Bertz CT molecular complexity index is 667. The van der Waals surface area contributed by atoms with Crippen molar-refractivity contribution in [2.45, 2.75) is 18.2 Å². The molecule has 0 aliphatic carbocycles. The molecule has 1 saturated heterocycles. The highest BCUT2D eigenvalue weighted by molar-refractivity contribution is 7.70. The van der Waals surface area contributed by atoms with E-state index in [2.05, 4.69) is 4.90 Å². The van der Waals surface area contributed by atoms with E-state index in [4.69, 9.17) is 24.3 Å². The molecule has 11 heteroatoms. The van der Waals surface area contributed by atoms with Crippen LogP contribution in [-0.2, 0) is 13.9 Å². The van der Waals surface area contributed by atoms with Crippen molar-refractivity contribution in [2.24, 2.45) is 0 Å². The molecule has 9 nitrogen and oxygen atoms in total. The molecule has 1 heterocycles. The van der Waals surface area contributed by atoms with Gasteiger partial charge in [-0.15, -0.1) is 0 Å². The van der Waals surface area contributed by atoms with Gasteiger partial charge in [0.15, 0.2) is 11.2 Å². The first-order valence-electron chi connectivity index (χ1n) is 7.65. The van der Waals surface area contributed by atoms with Gasteiger partial charge in [-0.1, -0.05) is 0 Å². The first kappa shape index (κ1) is 20.3. The number of benzene rings is 1. The average molecular weight is 393 g/mol. The normalized spacial score (nSPS) is 16.3. The van der Waals surface area contributed by atoms with Crippen LogP contribution >= 0.6 is 15.2 Å². The Morgan fingerprint density at radius 1 is 1.04 bits per heavy atom. The number of ether oxygens (including phenoxy) is 1. The van der Waals surface area contributed by atoms with Crippen LogP contribution in [0.25, 0.3) is 0 Å². The Kier molecular flexibility index (Phi) is 6.56. The molecule has 0 spiro atoms. The van der Waals surface area contributed by atoms with Gasteiger partial charge in [0.1, 0.15) is 0 Å². The van der Waals surface area contributed by atoms with Crippen molar-refractivity contribution in [2.75, 3.05) is 31.2 Å². The van der Waals surface area contributed by atoms with Crippen molar-refractivity contribution in [1.29, 1.82) is 0 Å². The topological polar surface area (TPSA) is 145 Å². The maximum absolute atomic E-state index is 12.2. The van der Waals surface area contributed by atoms with Crippen LogP contribution in [0.15, 0.2) is 24.3 Å². The third kappa shape index (κ3) is 5.72. The molecule has 1 aromatic carbocycles. The Morgan fingerprint density at radius 2 is 1.56 bits per heavy atom. The average Bonchev–Trinajstić information content (AvgIpc) is 2.53. The summed E-state index contributed by atoms with van der Waals surface area (Å²) >= 11 is 0. The van der Waals surface area contributed by atoms with Crippen LogP contribution in [0.5, 0.6) is 0 Å². The largest absolute Gasteiger partial charge is 0.378 e. The molecule has 0 radical (unpaired) electrons. The molecule has 0 bridgehead atoms. The summed E-state index contributed by atoms with van der Waals surface area (Å²) < 4.78 is 27.7. The summed E-state index contributed by atoms with van der Waals surface area (Å²) in [5, 5.41) is -2.16. The van der Waals surface area contributed by atoms with Gasteiger partial charge in [-0.2, -0.15) is 0 Å². The molecule has 1 aromatic rings. The zero-order valence-corrected chi connectivity index (χ0v) is 15.2. The first-order chi connectivity index (χ1) is 11.6. The molecule has 140 valence electrons. The number of anilines is 1. The molecule has 1 aliphatic rings. The molecular formula is C14H21NO8P2. The quantitative estimate of drug-likeness (QED) is 0.396. The van der Waals surface area contributed by atoms with Crippen LogP contribution in [0.3, 0.4) is 0 Å². The first-order valence-corrected chi connectivity index (χ1v) is 11.0. The molecule has 0 amide bonds. The van der Waals surface area contributed by atoms with E-state index in [-0.39, 0.29) is 6.42 Å². The molecule has 1 fully saturated rings. The van der Waals surface area contributed by atoms with Crippen molar-refractivity contribution in [1.82, 2.24) is 0 Å². The maximum atomic E-state index is 12.2. The Morgan fingerprint density at radius 3 is 2.04 bits per heavy atom. The molecular weight excluding hydrogens is 372 g/mol. The second-order valence-corrected chi connectivity index (χ2v) is 9.78. The fraction of sp³-hybridized carbons (Fsp3) is 0.500. The van der Waals surface area contributed by atoms with Crippen molar-refractivity contribution in [3.8, 4) is 0 Å². The SMILES string of the molecule is O=C(CCC(P(=O)(O)O)P(=O)(O)O)c1ccc(N2CCOCC2)cc1. The highest BCUT2D eigenvalue weighted by Gasteiger charge is 2.43. The van der Waals surface area contributed by atoms with Gasteiger partial charge in [0.05, 0.1) is 13.2 Å². The van der Waals surface area contributed by atoms with Gasteiger partial charge in [0.2, 0.25) is 0 Å². The number of carbonyl (C=O) groups excluding carboxylic acids is 1. The number of nitrogens with zero attached hydrogens (tertiary/aromatic N) is 1. The van der Waals surface area contributed by atoms with E-state index < -0.39 is 32.8 Å². The number of hydrogen-bond acceptors (Lipinski definition) is 5. The monoisotopic (exact) mass is 393 g/mol. The van der Waals surface area contributed by atoms with Crippen LogP contribution in [0.1, 0.15) is 23.2 Å². The second kappa shape index (κ2) is 8.10. The molecule has 0 unspecified atom stereocenters. The van der Waals surface area contributed by atoms with Crippen LogP contribution in [0.2, 0.25) is 0 Å². The maximum Gasteiger partial charge on any atom is 0.340 e. The Labute approximate surface area is 144 Å². The third-order valence-electron chi connectivity index (χ3n) is 3.97. The van der Waals surface area contributed by atoms with Gasteiger partial charge in [0, 0.05) is 30.8 Å². The number of carbonyl (C=O) groups is 1. The molecule has 0 atom stereocenters. The van der Waals surface area contributed by atoms with Crippen molar-refractivity contribution < 1.29 is 38.2 Å². The zero-order valence-electron chi connectivity index (χ0n) is 13.4. The number of morpholine rings is 1. The molecule has 4 N–H and O–H groups in total. The molecule has 0 aromatic heterocycles. The predicted molar refractivity (Wildman–Crippen MR) is 90.9 cm³/mol. The summed E-state index contributed by atoms with van der Waals surface area (Å²) in [7, 11) is -10.0. The molecule has 0 saturated carbocycles. The smallest absolute Gasteiger partial charge is 0.340 e. The summed E-state index contributed by atoms with van der Waals surface area (Å²) in [5.74, 6) is -0.430. The Balaban J connectivity index is 2.00. The van der Waals surface area contributed by atoms with Crippen LogP contribution in [-0.4, -0.2) is 57.1 Å². The van der Waals surface area contributed by atoms with Gasteiger partial charge in [0.25, 0.3) is 0 Å². The fourth-order valence-electron chi connectivity index (χ4n) is 2.62. The van der Waals surface area contributed by atoms with Gasteiger partial charge in [-0.05, 0) is 30.7 Å². The number of rotatable bonds is 7. The van der Waals surface area contributed by atoms with Gasteiger partial charge in [-0.25, -0.2) is 0 Å². The van der Waals surface area contributed by atoms with Crippen LogP contribution < -0.4 is 4.90 Å². The highest BCUT2D eigenvalue weighted by Crippen LogP contribution is 2.61. The standard InChI is InChI=1S/C14H21NO8P2/c16-13(5-6-14(24(17,18)19)25(20,21)22)11-1-3-12(4-2-11)15-7-9-23-10-8-15/h1-4,14H,5-10H2,(H2,17,18,19)(H2,20,21,22). The summed E-state index contributed by atoms with van der Waals surface area (Å²) in [4.78, 5) is 50.5. The van der Waals surface area contributed by atoms with E-state index >= 15 is 0 Å². The second-order valence-electron chi connectivity index (χ2n) is 5.77. The van der Waals surface area contributed by atoms with Gasteiger partial charge < -0.3 is 29.2 Å². The van der Waals surface area contributed by atoms with Crippen molar-refractivity contribution in [3.05, 3.63) is 29.8 Å². The molecule has 1 aliphatic heterocycles. The van der Waals surface area contributed by atoms with Gasteiger partial charge >= 0.3 is 15.2 Å². The lowest BCUT2D eigenvalue weighted by Gasteiger charge is -2.28. The summed E-state index contributed by atoms with van der Waals surface area (Å²) in [6, 6.07) is 6.72. The lowest BCUT2D eigenvalue weighted by Crippen LogP contribution is -2.36. The minimum atomic E-state index is -5.01. The molecule has 25 heavy (non-hydrogen) atoms. The highest BCUT2D eigenvalue weighted by atomic mass is 31.2. The summed E-state index contributed by atoms with van der Waals surface area (Å²) in [6.45, 7) is 2.76. The zero-order chi connectivity index (χ0) is 18.7. The van der Waals surface area contributed by atoms with Crippen LogP contribution in [0, 0.1) is 0 Å². The van der Waals surface area contributed by atoms with E-state index in [0.29, 0.717) is 18.8 Å². The number of Topliss-reactive ketones (excluding diaryl/α,β-unsaturated/α-hetero) is 1. The number of hydrogen-bond donors (Lipinski definition) is 4. The summed E-state index contributed by atoms with van der Waals surface area (Å²) in [6.07, 6.45) is -0.948. The number of ketones is 1. The lowest BCUT2D eigenvalue weighted by molar-refractivity contribution is 0.0980. The van der Waals surface area contributed by atoms with E-state index in [1.54, 1.807) is 24.3 Å². The van der Waals surface area contributed by atoms with E-state index in [9.17, 15) is 13.9 Å².